The Morgan fingerprint density at radius 2 is 1.52 bits per heavy atom. The monoisotopic (exact) mass is 389 g/mol. The lowest BCUT2D eigenvalue weighted by Crippen LogP contribution is -2.39. The molecule has 0 aromatic heterocycles. The number of aliphatic hydroxyl groups is 1. The number of benzene rings is 3. The van der Waals surface area contributed by atoms with Crippen LogP contribution < -0.4 is 4.74 Å². The molecule has 0 spiro atoms. The standard InChI is InChI=1S/C25H27NO3/c1-19(24(27)21-11-7-4-8-12-21)26(2)25(28)22-13-15-23(16-14-22)29-18-17-20-9-5-3-6-10-20/h3-16,19,24,27H,17-18H2,1-2H3. The molecule has 3 rings (SSSR count). The lowest BCUT2D eigenvalue weighted by molar-refractivity contribution is 0.0487. The maximum atomic E-state index is 12.8. The van der Waals surface area contributed by atoms with Gasteiger partial charge in [0.15, 0.2) is 0 Å². The van der Waals surface area contributed by atoms with Gasteiger partial charge >= 0.3 is 0 Å². The van der Waals surface area contributed by atoms with Crippen LogP contribution in [-0.2, 0) is 6.42 Å². The molecule has 1 amide bonds. The van der Waals surface area contributed by atoms with E-state index >= 15 is 0 Å². The summed E-state index contributed by atoms with van der Waals surface area (Å²) in [4.78, 5) is 14.4. The second kappa shape index (κ2) is 9.89. The molecule has 0 bridgehead atoms. The summed E-state index contributed by atoms with van der Waals surface area (Å²) in [6.07, 6.45) is 0.0878. The van der Waals surface area contributed by atoms with E-state index in [-0.39, 0.29) is 11.9 Å². The highest BCUT2D eigenvalue weighted by Crippen LogP contribution is 2.22. The van der Waals surface area contributed by atoms with Crippen LogP contribution in [0.15, 0.2) is 84.9 Å². The zero-order valence-corrected chi connectivity index (χ0v) is 16.9. The third-order valence-electron chi connectivity index (χ3n) is 5.13. The second-order valence-corrected chi connectivity index (χ2v) is 7.12. The van der Waals surface area contributed by atoms with Crippen molar-refractivity contribution in [3.63, 3.8) is 0 Å². The molecule has 4 nitrogen and oxygen atoms in total. The highest BCUT2D eigenvalue weighted by atomic mass is 16.5. The zero-order valence-electron chi connectivity index (χ0n) is 16.9. The Labute approximate surface area is 172 Å². The van der Waals surface area contributed by atoms with Gasteiger partial charge in [-0.15, -0.1) is 0 Å². The van der Waals surface area contributed by atoms with Crippen LogP contribution in [0.25, 0.3) is 0 Å². The van der Waals surface area contributed by atoms with Crippen molar-refractivity contribution in [3.8, 4) is 5.75 Å². The minimum atomic E-state index is -0.745. The third kappa shape index (κ3) is 5.46. The van der Waals surface area contributed by atoms with Gasteiger partial charge in [-0.05, 0) is 42.3 Å². The van der Waals surface area contributed by atoms with Gasteiger partial charge in [0.1, 0.15) is 5.75 Å². The Morgan fingerprint density at radius 1 is 0.931 bits per heavy atom. The van der Waals surface area contributed by atoms with Crippen LogP contribution in [0.4, 0.5) is 0 Å². The van der Waals surface area contributed by atoms with Gasteiger partial charge in [0.25, 0.3) is 5.91 Å². The molecule has 0 heterocycles. The van der Waals surface area contributed by atoms with E-state index in [1.165, 1.54) is 5.56 Å². The van der Waals surface area contributed by atoms with Crippen LogP contribution in [0.1, 0.15) is 34.5 Å². The summed E-state index contributed by atoms with van der Waals surface area (Å²) in [6, 6.07) is 26.4. The lowest BCUT2D eigenvalue weighted by atomic mass is 10.0. The number of hydrogen-bond donors (Lipinski definition) is 1. The number of likely N-dealkylation sites (N-methyl/N-ethyl adjacent to an activating group) is 1. The summed E-state index contributed by atoms with van der Waals surface area (Å²) < 4.78 is 5.78. The van der Waals surface area contributed by atoms with E-state index < -0.39 is 6.10 Å². The zero-order chi connectivity index (χ0) is 20.6. The number of carbonyl (C=O) groups is 1. The Kier molecular flexibility index (Phi) is 7.04. The first-order chi connectivity index (χ1) is 14.1. The molecule has 0 saturated carbocycles. The maximum absolute atomic E-state index is 12.8. The van der Waals surface area contributed by atoms with Gasteiger partial charge in [0.2, 0.25) is 0 Å². The van der Waals surface area contributed by atoms with Crippen LogP contribution >= 0.6 is 0 Å². The number of nitrogens with zero attached hydrogens (tertiary/aromatic N) is 1. The summed E-state index contributed by atoms with van der Waals surface area (Å²) in [5, 5.41) is 10.6. The van der Waals surface area contributed by atoms with E-state index in [0.29, 0.717) is 12.2 Å². The smallest absolute Gasteiger partial charge is 0.253 e. The van der Waals surface area contributed by atoms with Gasteiger partial charge in [0, 0.05) is 19.0 Å². The molecule has 2 unspecified atom stereocenters. The second-order valence-electron chi connectivity index (χ2n) is 7.12. The highest BCUT2D eigenvalue weighted by molar-refractivity contribution is 5.94. The average molecular weight is 389 g/mol. The van der Waals surface area contributed by atoms with Gasteiger partial charge < -0.3 is 14.7 Å². The molecule has 0 radical (unpaired) electrons. The molecule has 4 heteroatoms. The highest BCUT2D eigenvalue weighted by Gasteiger charge is 2.24. The first-order valence-electron chi connectivity index (χ1n) is 9.83. The Hall–Kier alpha value is -3.11. The molecule has 2 atom stereocenters. The molecule has 150 valence electrons. The molecule has 3 aromatic carbocycles. The summed E-state index contributed by atoms with van der Waals surface area (Å²) in [7, 11) is 1.71. The van der Waals surface area contributed by atoms with Gasteiger partial charge in [-0.2, -0.15) is 0 Å². The van der Waals surface area contributed by atoms with Crippen molar-refractivity contribution >= 4 is 5.91 Å². The SMILES string of the molecule is CC(C(O)c1ccccc1)N(C)C(=O)c1ccc(OCCc2ccccc2)cc1. The molecular formula is C25H27NO3. The molecular weight excluding hydrogens is 362 g/mol. The van der Waals surface area contributed by atoms with Gasteiger partial charge in [-0.25, -0.2) is 0 Å². The fourth-order valence-corrected chi connectivity index (χ4v) is 3.15. The van der Waals surface area contributed by atoms with Crippen molar-refractivity contribution in [3.05, 3.63) is 102 Å². The van der Waals surface area contributed by atoms with Crippen LogP contribution in [0, 0.1) is 0 Å². The maximum Gasteiger partial charge on any atom is 0.253 e. The molecule has 0 aliphatic rings. The van der Waals surface area contributed by atoms with Crippen molar-refractivity contribution in [1.29, 1.82) is 0 Å². The molecule has 0 aliphatic heterocycles. The van der Waals surface area contributed by atoms with Gasteiger partial charge in [-0.1, -0.05) is 60.7 Å². The molecule has 29 heavy (non-hydrogen) atoms. The summed E-state index contributed by atoms with van der Waals surface area (Å²) in [5.74, 6) is 0.598. The minimum absolute atomic E-state index is 0.136. The van der Waals surface area contributed by atoms with E-state index in [1.807, 2.05) is 67.6 Å². The fourth-order valence-electron chi connectivity index (χ4n) is 3.15. The Morgan fingerprint density at radius 3 is 2.14 bits per heavy atom. The normalized spacial score (nSPS) is 12.8. The van der Waals surface area contributed by atoms with Crippen molar-refractivity contribution in [1.82, 2.24) is 4.90 Å². The van der Waals surface area contributed by atoms with Crippen LogP contribution in [0.3, 0.4) is 0 Å². The number of ether oxygens (including phenoxy) is 1. The first kappa shape index (κ1) is 20.6. The summed E-state index contributed by atoms with van der Waals surface area (Å²) >= 11 is 0. The predicted octanol–water partition coefficient (Wildman–Crippen LogP) is 4.50. The quantitative estimate of drug-likeness (QED) is 0.617. The molecule has 0 aliphatic carbocycles. The Balaban J connectivity index is 1.56. The molecule has 1 N–H and O–H groups in total. The van der Waals surface area contributed by atoms with Crippen LogP contribution in [0.2, 0.25) is 0 Å². The summed E-state index contributed by atoms with van der Waals surface area (Å²) in [6.45, 7) is 2.42. The van der Waals surface area contributed by atoms with E-state index in [1.54, 1.807) is 24.1 Å². The molecule has 3 aromatic rings. The third-order valence-corrected chi connectivity index (χ3v) is 5.13. The minimum Gasteiger partial charge on any atom is -0.493 e. The van der Waals surface area contributed by atoms with Crippen molar-refractivity contribution in [2.75, 3.05) is 13.7 Å². The molecule has 0 saturated heterocycles. The van der Waals surface area contributed by atoms with Crippen LogP contribution in [-0.4, -0.2) is 35.6 Å². The number of carbonyl (C=O) groups excluding carboxylic acids is 1. The van der Waals surface area contributed by atoms with Gasteiger partial charge in [-0.3, -0.25) is 4.79 Å². The average Bonchev–Trinajstić information content (AvgIpc) is 2.79. The van der Waals surface area contributed by atoms with E-state index in [2.05, 4.69) is 12.1 Å². The van der Waals surface area contributed by atoms with E-state index in [9.17, 15) is 9.90 Å². The Bertz CT molecular complexity index is 894. The predicted molar refractivity (Wildman–Crippen MR) is 115 cm³/mol. The fraction of sp³-hybridized carbons (Fsp3) is 0.240. The largest absolute Gasteiger partial charge is 0.493 e. The number of rotatable bonds is 8. The van der Waals surface area contributed by atoms with Crippen molar-refractivity contribution in [2.24, 2.45) is 0 Å². The summed E-state index contributed by atoms with van der Waals surface area (Å²) in [5.41, 5.74) is 2.59. The van der Waals surface area contributed by atoms with Gasteiger partial charge in [0.05, 0.1) is 18.8 Å². The first-order valence-corrected chi connectivity index (χ1v) is 9.83. The number of hydrogen-bond acceptors (Lipinski definition) is 3. The van der Waals surface area contributed by atoms with Crippen LogP contribution in [0.5, 0.6) is 5.75 Å². The lowest BCUT2D eigenvalue weighted by Gasteiger charge is -2.29. The van der Waals surface area contributed by atoms with E-state index in [0.717, 1.165) is 17.7 Å². The number of amides is 1. The van der Waals surface area contributed by atoms with Crippen molar-refractivity contribution in [2.45, 2.75) is 25.5 Å². The van der Waals surface area contributed by atoms with E-state index in [4.69, 9.17) is 4.74 Å². The number of aliphatic hydroxyl groups excluding tert-OH is 1. The van der Waals surface area contributed by atoms with Crippen molar-refractivity contribution < 1.29 is 14.6 Å². The topological polar surface area (TPSA) is 49.8 Å². The molecule has 0 fully saturated rings.